The molecule has 0 atom stereocenters. The first-order valence-corrected chi connectivity index (χ1v) is 10.2. The molecule has 1 aromatic heterocycles. The van der Waals surface area contributed by atoms with Gasteiger partial charge in [-0.3, -0.25) is 4.79 Å². The summed E-state index contributed by atoms with van der Waals surface area (Å²) in [6, 6.07) is 7.59. The lowest BCUT2D eigenvalue weighted by molar-refractivity contribution is -0.129. The fraction of sp³-hybridized carbons (Fsp3) is 0.500. The van der Waals surface area contributed by atoms with Gasteiger partial charge in [-0.2, -0.15) is 0 Å². The van der Waals surface area contributed by atoms with Crippen molar-refractivity contribution in [3.05, 3.63) is 29.3 Å². The van der Waals surface area contributed by atoms with E-state index in [2.05, 4.69) is 17.1 Å². The standard InChI is InChI=1S/C18H24ClN5OS/c1-12-3-9-15(10-4-12)23(2)16(25)11-26-18-22-21-17(24(18)20)13-5-7-14(19)8-6-13/h5-8,12,15H,3-4,9-11,20H2,1-2H3. The molecule has 1 amide bonds. The van der Waals surface area contributed by atoms with Crippen LogP contribution in [-0.2, 0) is 4.79 Å². The van der Waals surface area contributed by atoms with E-state index < -0.39 is 0 Å². The summed E-state index contributed by atoms with van der Waals surface area (Å²) in [5, 5.41) is 9.42. The van der Waals surface area contributed by atoms with Crippen LogP contribution in [0.25, 0.3) is 11.4 Å². The van der Waals surface area contributed by atoms with Crippen LogP contribution in [-0.4, -0.2) is 44.5 Å². The lowest BCUT2D eigenvalue weighted by Gasteiger charge is -2.33. The summed E-state index contributed by atoms with van der Waals surface area (Å²) < 4.78 is 1.42. The van der Waals surface area contributed by atoms with Gasteiger partial charge < -0.3 is 10.7 Å². The van der Waals surface area contributed by atoms with E-state index in [4.69, 9.17) is 17.4 Å². The lowest BCUT2D eigenvalue weighted by Crippen LogP contribution is -2.40. The molecule has 26 heavy (non-hydrogen) atoms. The normalized spacial score (nSPS) is 20.1. The van der Waals surface area contributed by atoms with Gasteiger partial charge in [-0.05, 0) is 55.9 Å². The van der Waals surface area contributed by atoms with Crippen molar-refractivity contribution in [2.45, 2.75) is 43.8 Å². The van der Waals surface area contributed by atoms with E-state index in [9.17, 15) is 4.79 Å². The Morgan fingerprint density at radius 1 is 1.27 bits per heavy atom. The predicted octanol–water partition coefficient (Wildman–Crippen LogP) is 3.44. The highest BCUT2D eigenvalue weighted by Gasteiger charge is 2.25. The van der Waals surface area contributed by atoms with E-state index in [1.807, 2.05) is 24.1 Å². The van der Waals surface area contributed by atoms with Crippen molar-refractivity contribution >= 4 is 29.3 Å². The average molecular weight is 394 g/mol. The fourth-order valence-electron chi connectivity index (χ4n) is 3.23. The molecule has 140 valence electrons. The Labute approximate surface area is 163 Å². The zero-order chi connectivity index (χ0) is 18.7. The highest BCUT2D eigenvalue weighted by Crippen LogP contribution is 2.27. The van der Waals surface area contributed by atoms with Crippen molar-refractivity contribution < 1.29 is 4.79 Å². The number of carbonyl (C=O) groups excluding carboxylic acids is 1. The molecular weight excluding hydrogens is 370 g/mol. The lowest BCUT2D eigenvalue weighted by atomic mass is 9.87. The van der Waals surface area contributed by atoms with Crippen molar-refractivity contribution in [2.24, 2.45) is 5.92 Å². The van der Waals surface area contributed by atoms with E-state index in [-0.39, 0.29) is 5.91 Å². The molecule has 0 spiro atoms. The number of aromatic nitrogens is 3. The Bertz CT molecular complexity index is 755. The number of nitrogens with zero attached hydrogens (tertiary/aromatic N) is 4. The van der Waals surface area contributed by atoms with Crippen molar-refractivity contribution in [2.75, 3.05) is 18.6 Å². The van der Waals surface area contributed by atoms with Crippen LogP contribution in [0.3, 0.4) is 0 Å². The number of halogens is 1. The van der Waals surface area contributed by atoms with Crippen LogP contribution >= 0.6 is 23.4 Å². The van der Waals surface area contributed by atoms with E-state index in [1.165, 1.54) is 29.3 Å². The molecule has 2 aromatic rings. The van der Waals surface area contributed by atoms with E-state index in [0.29, 0.717) is 27.8 Å². The quantitative estimate of drug-likeness (QED) is 0.621. The average Bonchev–Trinajstić information content (AvgIpc) is 3.01. The summed E-state index contributed by atoms with van der Waals surface area (Å²) in [5.74, 6) is 7.83. The minimum Gasteiger partial charge on any atom is -0.342 e. The zero-order valence-corrected chi connectivity index (χ0v) is 16.6. The maximum Gasteiger partial charge on any atom is 0.233 e. The van der Waals surface area contributed by atoms with Crippen LogP contribution < -0.4 is 5.84 Å². The van der Waals surface area contributed by atoms with Gasteiger partial charge >= 0.3 is 0 Å². The molecule has 3 rings (SSSR count). The van der Waals surface area contributed by atoms with E-state index in [0.717, 1.165) is 24.3 Å². The Hall–Kier alpha value is -1.73. The zero-order valence-electron chi connectivity index (χ0n) is 15.1. The molecule has 8 heteroatoms. The maximum atomic E-state index is 12.5. The Morgan fingerprint density at radius 3 is 2.58 bits per heavy atom. The number of benzene rings is 1. The van der Waals surface area contributed by atoms with Crippen molar-refractivity contribution in [3.63, 3.8) is 0 Å². The third-order valence-electron chi connectivity index (χ3n) is 5.02. The van der Waals surface area contributed by atoms with Gasteiger partial charge in [0.15, 0.2) is 5.82 Å². The van der Waals surface area contributed by atoms with Gasteiger partial charge in [0.25, 0.3) is 0 Å². The smallest absolute Gasteiger partial charge is 0.233 e. The van der Waals surface area contributed by atoms with Gasteiger partial charge in [0, 0.05) is 23.7 Å². The molecule has 1 aliphatic carbocycles. The second-order valence-electron chi connectivity index (χ2n) is 6.89. The second-order valence-corrected chi connectivity index (χ2v) is 8.27. The summed E-state index contributed by atoms with van der Waals surface area (Å²) in [6.07, 6.45) is 4.55. The third kappa shape index (κ3) is 4.32. The van der Waals surface area contributed by atoms with E-state index >= 15 is 0 Å². The molecular formula is C18H24ClN5OS. The van der Waals surface area contributed by atoms with Gasteiger partial charge in [-0.1, -0.05) is 30.3 Å². The van der Waals surface area contributed by atoms with Crippen LogP contribution in [0.2, 0.25) is 5.02 Å². The minimum atomic E-state index is 0.102. The molecule has 1 fully saturated rings. The van der Waals surface area contributed by atoms with Gasteiger partial charge in [0.1, 0.15) is 0 Å². The number of carbonyl (C=O) groups is 1. The molecule has 1 aliphatic rings. The molecule has 2 N–H and O–H groups in total. The molecule has 1 aromatic carbocycles. The van der Waals surface area contributed by atoms with E-state index in [1.54, 1.807) is 12.1 Å². The fourth-order valence-corrected chi connectivity index (χ4v) is 4.14. The number of amides is 1. The number of rotatable bonds is 5. The first-order valence-electron chi connectivity index (χ1n) is 8.80. The number of nitrogen functional groups attached to an aromatic ring is 1. The van der Waals surface area contributed by atoms with Crippen LogP contribution in [0.15, 0.2) is 29.4 Å². The highest BCUT2D eigenvalue weighted by molar-refractivity contribution is 7.99. The third-order valence-corrected chi connectivity index (χ3v) is 6.20. The van der Waals surface area contributed by atoms with Gasteiger partial charge in [0.2, 0.25) is 11.1 Å². The second kappa shape index (κ2) is 8.31. The van der Waals surface area contributed by atoms with Crippen molar-refractivity contribution in [1.82, 2.24) is 19.8 Å². The summed E-state index contributed by atoms with van der Waals surface area (Å²) in [6.45, 7) is 2.28. The topological polar surface area (TPSA) is 77.0 Å². The molecule has 0 bridgehead atoms. The molecule has 6 nitrogen and oxygen atoms in total. The predicted molar refractivity (Wildman–Crippen MR) is 106 cm³/mol. The minimum absolute atomic E-state index is 0.102. The van der Waals surface area contributed by atoms with Gasteiger partial charge in [0.05, 0.1) is 5.75 Å². The molecule has 0 radical (unpaired) electrons. The van der Waals surface area contributed by atoms with Crippen LogP contribution in [0, 0.1) is 5.92 Å². The van der Waals surface area contributed by atoms with Gasteiger partial charge in [-0.25, -0.2) is 4.68 Å². The van der Waals surface area contributed by atoms with Gasteiger partial charge in [-0.15, -0.1) is 10.2 Å². The summed E-state index contributed by atoms with van der Waals surface area (Å²) in [7, 11) is 1.90. The largest absolute Gasteiger partial charge is 0.342 e. The molecule has 1 saturated carbocycles. The summed E-state index contributed by atoms with van der Waals surface area (Å²) in [4.78, 5) is 14.4. The monoisotopic (exact) mass is 393 g/mol. The number of nitrogens with two attached hydrogens (primary N) is 1. The first-order chi connectivity index (χ1) is 12.5. The Balaban J connectivity index is 1.59. The molecule has 0 aliphatic heterocycles. The Morgan fingerprint density at radius 2 is 1.92 bits per heavy atom. The van der Waals surface area contributed by atoms with Crippen molar-refractivity contribution in [1.29, 1.82) is 0 Å². The van der Waals surface area contributed by atoms with Crippen molar-refractivity contribution in [3.8, 4) is 11.4 Å². The highest BCUT2D eigenvalue weighted by atomic mass is 35.5. The molecule has 1 heterocycles. The van der Waals surface area contributed by atoms with Crippen LogP contribution in [0.1, 0.15) is 32.6 Å². The van der Waals surface area contributed by atoms with Crippen LogP contribution in [0.4, 0.5) is 0 Å². The number of hydrogen-bond acceptors (Lipinski definition) is 5. The summed E-state index contributed by atoms with van der Waals surface area (Å²) >= 11 is 7.22. The SMILES string of the molecule is CC1CCC(N(C)C(=O)CSc2nnc(-c3ccc(Cl)cc3)n2N)CC1. The number of hydrogen-bond donors (Lipinski definition) is 1. The maximum absolute atomic E-state index is 12.5. The first kappa shape index (κ1) is 19.0. The molecule has 0 unspecified atom stereocenters. The van der Waals surface area contributed by atoms with Crippen LogP contribution in [0.5, 0.6) is 0 Å². The molecule has 0 saturated heterocycles. The Kier molecular flexibility index (Phi) is 6.09. The summed E-state index contributed by atoms with van der Waals surface area (Å²) in [5.41, 5.74) is 0.830. The number of thioether (sulfide) groups is 1.